The fourth-order valence-corrected chi connectivity index (χ4v) is 3.62. The Bertz CT molecular complexity index is 685. The van der Waals surface area contributed by atoms with Gasteiger partial charge in [0.15, 0.2) is 0 Å². The van der Waals surface area contributed by atoms with Gasteiger partial charge in [-0.15, -0.1) is 0 Å². The zero-order valence-electron chi connectivity index (χ0n) is 21.9. The number of nitrogens with zero attached hydrogens (tertiary/aromatic N) is 3. The highest BCUT2D eigenvalue weighted by Crippen LogP contribution is 2.36. The molecule has 0 unspecified atom stereocenters. The first kappa shape index (κ1) is 32.2. The SMILES string of the molecule is CC(=O)NC1CC(C)(C)N(O)C(C)(C)C1.CC(=O)ON(CCN(OC(C)=O)OC(C)=O)OC(C)=O. The van der Waals surface area contributed by atoms with Crippen LogP contribution in [0.2, 0.25) is 0 Å². The molecule has 1 amide bonds. The predicted octanol–water partition coefficient (Wildman–Crippen LogP) is 1.04. The van der Waals surface area contributed by atoms with Crippen molar-refractivity contribution in [2.45, 2.75) is 92.3 Å². The van der Waals surface area contributed by atoms with Gasteiger partial charge in [-0.25, -0.2) is 0 Å². The molecule has 14 heteroatoms. The quantitative estimate of drug-likeness (QED) is 0.449. The lowest BCUT2D eigenvalue weighted by Gasteiger charge is -2.51. The summed E-state index contributed by atoms with van der Waals surface area (Å²) in [6.07, 6.45) is 1.54. The number of piperidine rings is 1. The minimum absolute atomic E-state index is 0.00186. The molecule has 0 aromatic carbocycles. The third kappa shape index (κ3) is 13.6. The van der Waals surface area contributed by atoms with Crippen LogP contribution in [0, 0.1) is 0 Å². The van der Waals surface area contributed by atoms with E-state index < -0.39 is 23.9 Å². The largest absolute Gasteiger partial charge is 0.353 e. The van der Waals surface area contributed by atoms with Gasteiger partial charge in [-0.3, -0.25) is 24.0 Å². The summed E-state index contributed by atoms with van der Waals surface area (Å²) in [5.41, 5.74) is -0.594. The Morgan fingerprint density at radius 2 is 1.03 bits per heavy atom. The maximum atomic E-state index is 11.0. The highest BCUT2D eigenvalue weighted by molar-refractivity contribution is 5.73. The second-order valence-corrected chi connectivity index (χ2v) is 9.19. The maximum Gasteiger partial charge on any atom is 0.326 e. The lowest BCUT2D eigenvalue weighted by molar-refractivity contribution is -0.354. The Morgan fingerprint density at radius 1 is 0.743 bits per heavy atom. The Labute approximate surface area is 205 Å². The van der Waals surface area contributed by atoms with E-state index in [1.165, 1.54) is 12.0 Å². The number of nitrogens with one attached hydrogen (secondary N) is 1. The van der Waals surface area contributed by atoms with Crippen molar-refractivity contribution in [1.82, 2.24) is 20.8 Å². The Hall–Kier alpha value is -2.81. The molecule has 0 aliphatic carbocycles. The van der Waals surface area contributed by atoms with Gasteiger partial charge in [0, 0.05) is 62.2 Å². The van der Waals surface area contributed by atoms with E-state index in [9.17, 15) is 29.2 Å². The monoisotopic (exact) mass is 506 g/mol. The normalized spacial score (nSPS) is 17.0. The highest BCUT2D eigenvalue weighted by Gasteiger charge is 2.45. The van der Waals surface area contributed by atoms with Gasteiger partial charge in [-0.2, -0.15) is 5.06 Å². The van der Waals surface area contributed by atoms with E-state index >= 15 is 0 Å². The Morgan fingerprint density at radius 3 is 1.26 bits per heavy atom. The number of carbonyl (C=O) groups excluding carboxylic acids is 5. The average Bonchev–Trinajstić information content (AvgIpc) is 2.61. The van der Waals surface area contributed by atoms with Crippen molar-refractivity contribution in [1.29, 1.82) is 0 Å². The van der Waals surface area contributed by atoms with E-state index in [1.54, 1.807) is 0 Å². The molecule has 0 atom stereocenters. The molecule has 1 saturated heterocycles. The van der Waals surface area contributed by atoms with Gasteiger partial charge in [0.2, 0.25) is 5.91 Å². The van der Waals surface area contributed by atoms with E-state index in [0.717, 1.165) is 40.5 Å². The van der Waals surface area contributed by atoms with Crippen LogP contribution in [0.25, 0.3) is 0 Å². The number of hydroxylamine groups is 6. The fraction of sp³-hybridized carbons (Fsp3) is 0.762. The van der Waals surface area contributed by atoms with Crippen molar-refractivity contribution in [3.8, 4) is 0 Å². The van der Waals surface area contributed by atoms with Gasteiger partial charge in [0.25, 0.3) is 0 Å². The van der Waals surface area contributed by atoms with Crippen LogP contribution < -0.4 is 5.32 Å². The van der Waals surface area contributed by atoms with Crippen LogP contribution in [0.1, 0.15) is 75.2 Å². The molecule has 202 valence electrons. The zero-order chi connectivity index (χ0) is 27.6. The van der Waals surface area contributed by atoms with Gasteiger partial charge in [-0.05, 0) is 40.5 Å². The molecule has 0 spiro atoms. The standard InChI is InChI=1S/C11H22N2O2.C10H16N2O8/c1-8(14)12-9-6-10(2,3)13(15)11(4,5)7-9;1-7(13)17-11(18-8(2)14)5-6-12(19-9(3)15)20-10(4)16/h9,15H,6-7H2,1-5H3,(H,12,14);5-6H2,1-4H3. The van der Waals surface area contributed by atoms with Crippen LogP contribution in [-0.2, 0) is 43.3 Å². The van der Waals surface area contributed by atoms with Gasteiger partial charge < -0.3 is 29.9 Å². The van der Waals surface area contributed by atoms with E-state index in [1.807, 2.05) is 27.7 Å². The Kier molecular flexibility index (Phi) is 12.8. The van der Waals surface area contributed by atoms with E-state index in [-0.39, 0.29) is 36.1 Å². The number of amides is 1. The summed E-state index contributed by atoms with van der Waals surface area (Å²) in [7, 11) is 0. The van der Waals surface area contributed by atoms with E-state index in [0.29, 0.717) is 10.5 Å². The van der Waals surface area contributed by atoms with Crippen molar-refractivity contribution in [2.24, 2.45) is 0 Å². The van der Waals surface area contributed by atoms with Gasteiger partial charge in [0.1, 0.15) is 0 Å². The van der Waals surface area contributed by atoms with Crippen LogP contribution in [0.5, 0.6) is 0 Å². The first-order valence-electron chi connectivity index (χ1n) is 10.9. The third-order valence-electron chi connectivity index (χ3n) is 4.43. The molecule has 14 nitrogen and oxygen atoms in total. The summed E-state index contributed by atoms with van der Waals surface area (Å²) < 4.78 is 0. The highest BCUT2D eigenvalue weighted by atomic mass is 17.0. The molecule has 1 fully saturated rings. The molecule has 0 saturated carbocycles. The van der Waals surface area contributed by atoms with Crippen LogP contribution in [0.3, 0.4) is 0 Å². The van der Waals surface area contributed by atoms with Gasteiger partial charge in [-0.1, -0.05) is 0 Å². The average molecular weight is 507 g/mol. The lowest BCUT2D eigenvalue weighted by atomic mass is 9.79. The van der Waals surface area contributed by atoms with Crippen LogP contribution in [0.15, 0.2) is 0 Å². The minimum Gasteiger partial charge on any atom is -0.353 e. The maximum absolute atomic E-state index is 11.0. The topological polar surface area (TPSA) is 164 Å². The molecular weight excluding hydrogens is 468 g/mol. The first-order valence-corrected chi connectivity index (χ1v) is 10.9. The fourth-order valence-electron chi connectivity index (χ4n) is 3.62. The summed E-state index contributed by atoms with van der Waals surface area (Å²) in [5.74, 6) is -2.90. The summed E-state index contributed by atoms with van der Waals surface area (Å²) in [6.45, 7) is 13.5. The number of carbonyl (C=O) groups is 5. The molecule has 1 heterocycles. The molecule has 2 N–H and O–H groups in total. The molecular formula is C21H38N4O10. The molecule has 0 radical (unpaired) electrons. The molecule has 0 bridgehead atoms. The molecule has 1 aliphatic rings. The van der Waals surface area contributed by atoms with Gasteiger partial charge >= 0.3 is 23.9 Å². The molecule has 35 heavy (non-hydrogen) atoms. The van der Waals surface area contributed by atoms with Crippen LogP contribution >= 0.6 is 0 Å². The van der Waals surface area contributed by atoms with Crippen molar-refractivity contribution < 1.29 is 48.5 Å². The summed E-state index contributed by atoms with van der Waals surface area (Å²) in [5, 5.41) is 15.5. The molecule has 0 aromatic heterocycles. The zero-order valence-corrected chi connectivity index (χ0v) is 21.9. The second-order valence-electron chi connectivity index (χ2n) is 9.19. The summed E-state index contributed by atoms with van der Waals surface area (Å²) in [6, 6.07) is 0.149. The second kappa shape index (κ2) is 13.9. The van der Waals surface area contributed by atoms with Crippen molar-refractivity contribution in [3.63, 3.8) is 0 Å². The summed E-state index contributed by atoms with van der Waals surface area (Å²) in [4.78, 5) is 72.5. The number of hydrogen-bond acceptors (Lipinski definition) is 13. The number of hydrogen-bond donors (Lipinski definition) is 2. The van der Waals surface area contributed by atoms with Crippen LogP contribution in [-0.4, -0.2) is 80.7 Å². The first-order chi connectivity index (χ1) is 15.9. The summed E-state index contributed by atoms with van der Waals surface area (Å²) >= 11 is 0. The third-order valence-corrected chi connectivity index (χ3v) is 4.43. The van der Waals surface area contributed by atoms with Crippen LogP contribution in [0.4, 0.5) is 0 Å². The molecule has 1 aliphatic heterocycles. The van der Waals surface area contributed by atoms with Crippen molar-refractivity contribution >= 4 is 29.8 Å². The van der Waals surface area contributed by atoms with E-state index in [4.69, 9.17) is 0 Å². The van der Waals surface area contributed by atoms with Crippen molar-refractivity contribution in [2.75, 3.05) is 13.1 Å². The Balaban J connectivity index is 0.000000686. The number of rotatable bonds is 8. The predicted molar refractivity (Wildman–Crippen MR) is 119 cm³/mol. The molecule has 1 rings (SSSR count). The van der Waals surface area contributed by atoms with Gasteiger partial charge in [0.05, 0.1) is 13.1 Å². The lowest BCUT2D eigenvalue weighted by Crippen LogP contribution is -2.62. The van der Waals surface area contributed by atoms with Crippen molar-refractivity contribution in [3.05, 3.63) is 0 Å². The molecule has 0 aromatic rings. The minimum atomic E-state index is -0.724. The van der Waals surface area contributed by atoms with E-state index in [2.05, 4.69) is 24.7 Å². The smallest absolute Gasteiger partial charge is 0.326 e.